The van der Waals surface area contributed by atoms with Gasteiger partial charge >= 0.3 is 101 Å². The zero-order chi connectivity index (χ0) is 12.5. The normalized spacial score (nSPS) is 11.4. The maximum atomic E-state index is 11.3. The molecular weight excluding hydrogens is 334 g/mol. The van der Waals surface area contributed by atoms with Gasteiger partial charge in [0.2, 0.25) is 0 Å². The van der Waals surface area contributed by atoms with E-state index in [1.807, 2.05) is 0 Å². The predicted octanol–water partition coefficient (Wildman–Crippen LogP) is -1.32. The third-order valence-corrected chi connectivity index (χ3v) is 5.04. The van der Waals surface area contributed by atoms with Crippen molar-refractivity contribution in [1.29, 1.82) is 0 Å². The van der Waals surface area contributed by atoms with Crippen molar-refractivity contribution in [2.75, 3.05) is 5.73 Å². The predicted molar refractivity (Wildman–Crippen MR) is 60.2 cm³/mol. The minimum absolute atomic E-state index is 0.0850. The van der Waals surface area contributed by atoms with E-state index in [-0.39, 0.29) is 9.20 Å². The Kier molecular flexibility index (Phi) is 3.15. The Balaban J connectivity index is 2.56. The van der Waals surface area contributed by atoms with Gasteiger partial charge in [-0.25, -0.2) is 0 Å². The van der Waals surface area contributed by atoms with Gasteiger partial charge in [0.15, 0.2) is 0 Å². The van der Waals surface area contributed by atoms with E-state index in [1.165, 1.54) is 18.3 Å². The van der Waals surface area contributed by atoms with Crippen LogP contribution in [0.2, 0.25) is 0 Å². The van der Waals surface area contributed by atoms with Gasteiger partial charge in [-0.15, -0.1) is 0 Å². The third kappa shape index (κ3) is 2.63. The van der Waals surface area contributed by atoms with Crippen LogP contribution in [0.15, 0.2) is 30.5 Å². The number of anilines is 1. The molecule has 0 aliphatic heterocycles. The van der Waals surface area contributed by atoms with E-state index in [9.17, 15) is 9.79 Å². The molecule has 0 saturated heterocycles. The summed E-state index contributed by atoms with van der Waals surface area (Å²) < 4.78 is 29.6. The summed E-state index contributed by atoms with van der Waals surface area (Å²) in [5.74, 6) is 0. The van der Waals surface area contributed by atoms with Gasteiger partial charge in [0.25, 0.3) is 0 Å². The monoisotopic (exact) mass is 342 g/mol. The zero-order valence-corrected chi connectivity index (χ0v) is 11.1. The summed E-state index contributed by atoms with van der Waals surface area (Å²) in [6.07, 6.45) is 1.45. The van der Waals surface area contributed by atoms with Crippen molar-refractivity contribution in [2.24, 2.45) is 0 Å². The number of aromatic nitrogens is 3. The van der Waals surface area contributed by atoms with Gasteiger partial charge in [-0.2, -0.15) is 0 Å². The van der Waals surface area contributed by atoms with Gasteiger partial charge in [-0.1, -0.05) is 0 Å². The van der Waals surface area contributed by atoms with Crippen molar-refractivity contribution in [2.45, 2.75) is 0 Å². The summed E-state index contributed by atoms with van der Waals surface area (Å²) in [4.78, 5) is 0. The molecule has 0 aliphatic rings. The van der Waals surface area contributed by atoms with E-state index in [4.69, 9.17) is 5.73 Å². The molecule has 1 aromatic heterocycles. The minimum atomic E-state index is -5.32. The van der Waals surface area contributed by atoms with E-state index in [2.05, 4.69) is 15.4 Å². The van der Waals surface area contributed by atoms with E-state index in [1.54, 1.807) is 12.1 Å². The molecule has 1 heterocycles. The summed E-state index contributed by atoms with van der Waals surface area (Å²) in [5.41, 5.74) is 6.64. The number of nitrogens with two attached hydrogens (primary N) is 1. The topological polar surface area (TPSA) is 122 Å². The number of nitrogens with zero attached hydrogens (tertiary/aromatic N) is 3. The Morgan fingerprint density at radius 3 is 2.59 bits per heavy atom. The molecule has 88 valence electrons. The fourth-order valence-electron chi connectivity index (χ4n) is 1.35. The van der Waals surface area contributed by atoms with Crippen molar-refractivity contribution in [1.82, 2.24) is 15.4 Å². The standard InChI is InChI=1S/C9H7N4.2H2O.O.Sb/c10-8-3-1-7(2-4-8)9-5-6-11-13-12-9;;;;/h1-3,5-6H,10H2;2*1H2;;/q;;;;+2/p-2. The van der Waals surface area contributed by atoms with E-state index >= 15 is 0 Å². The first-order chi connectivity index (χ1) is 7.98. The molecule has 17 heavy (non-hydrogen) atoms. The fourth-order valence-corrected chi connectivity index (χ4v) is 3.40. The van der Waals surface area contributed by atoms with Crippen LogP contribution in [0.25, 0.3) is 11.3 Å². The Morgan fingerprint density at radius 2 is 2.00 bits per heavy atom. The number of benzene rings is 1. The Bertz CT molecular complexity index is 584. The van der Waals surface area contributed by atoms with Crippen LogP contribution in [-0.2, 0) is 3.02 Å². The Labute approximate surface area is 101 Å². The average molecular weight is 343 g/mol. The summed E-state index contributed by atoms with van der Waals surface area (Å²) in [7, 11) is 0. The summed E-state index contributed by atoms with van der Waals surface area (Å²) >= 11 is -5.32. The maximum absolute atomic E-state index is 11.3. The van der Waals surface area contributed by atoms with Gasteiger partial charge in [0.05, 0.1) is 0 Å². The molecule has 0 unspecified atom stereocenters. The molecule has 2 rings (SSSR count). The van der Waals surface area contributed by atoms with E-state index in [0.717, 1.165) is 0 Å². The number of nitrogen functional groups attached to an aromatic ring is 1. The van der Waals surface area contributed by atoms with Crippen molar-refractivity contribution in [3.63, 3.8) is 0 Å². The summed E-state index contributed by atoms with van der Waals surface area (Å²) in [6.45, 7) is 0. The molecule has 0 spiro atoms. The molecule has 0 saturated carbocycles. The first kappa shape index (κ1) is 12.0. The quantitative estimate of drug-likeness (QED) is 0.457. The molecule has 0 radical (unpaired) electrons. The van der Waals surface area contributed by atoms with Gasteiger partial charge in [-0.05, 0) is 0 Å². The van der Waals surface area contributed by atoms with Crippen LogP contribution in [-0.4, -0.2) is 41.8 Å². The second kappa shape index (κ2) is 4.44. The summed E-state index contributed by atoms with van der Waals surface area (Å²) in [6, 6.07) is 6.01. The molecule has 0 atom stereocenters. The van der Waals surface area contributed by atoms with Gasteiger partial charge in [-0.3, -0.25) is 0 Å². The number of hydrogen-bond acceptors (Lipinski definition) is 5. The first-order valence-electron chi connectivity index (χ1n) is 4.59. The average Bonchev–Trinajstić information content (AvgIpc) is 2.29. The number of hydrogen-bond donors (Lipinski definition) is 3. The van der Waals surface area contributed by atoms with E-state index in [0.29, 0.717) is 11.3 Å². The molecule has 0 aliphatic carbocycles. The third-order valence-electron chi connectivity index (χ3n) is 2.14. The van der Waals surface area contributed by atoms with Crippen LogP contribution >= 0.6 is 0 Å². The summed E-state index contributed by atoms with van der Waals surface area (Å²) in [5, 5.41) is 10.7. The van der Waals surface area contributed by atoms with Crippen LogP contribution in [0.5, 0.6) is 0 Å². The van der Waals surface area contributed by atoms with Gasteiger partial charge < -0.3 is 0 Å². The fraction of sp³-hybridized carbons (Fsp3) is 0. The molecule has 0 fully saturated rings. The molecule has 2 aromatic rings. The van der Waals surface area contributed by atoms with Gasteiger partial charge in [0, 0.05) is 0 Å². The molecule has 7 nitrogen and oxygen atoms in total. The van der Waals surface area contributed by atoms with E-state index < -0.39 is 19.6 Å². The van der Waals surface area contributed by atoms with Gasteiger partial charge in [0.1, 0.15) is 0 Å². The zero-order valence-electron chi connectivity index (χ0n) is 8.56. The molecule has 1 aromatic carbocycles. The SMILES string of the molecule is Nc1ccc(-c2ccnnn2)c[c]1[Sb](=[O])([OH])[OH]. The molecule has 0 amide bonds. The van der Waals surface area contributed by atoms with Crippen molar-refractivity contribution in [3.05, 3.63) is 30.5 Å². The second-order valence-electron chi connectivity index (χ2n) is 3.32. The van der Waals surface area contributed by atoms with Crippen molar-refractivity contribution in [3.8, 4) is 11.3 Å². The Hall–Kier alpha value is -1.43. The Morgan fingerprint density at radius 1 is 1.24 bits per heavy atom. The molecular formula is C9H9N4O3Sb. The van der Waals surface area contributed by atoms with Crippen LogP contribution in [0, 0.1) is 0 Å². The first-order valence-corrected chi connectivity index (χ1v) is 9.19. The molecule has 4 N–H and O–H groups in total. The van der Waals surface area contributed by atoms with Crippen LogP contribution in [0.1, 0.15) is 0 Å². The van der Waals surface area contributed by atoms with Crippen LogP contribution in [0.3, 0.4) is 0 Å². The second-order valence-corrected chi connectivity index (χ2v) is 7.80. The van der Waals surface area contributed by atoms with Crippen molar-refractivity contribution >= 4 is 28.8 Å². The van der Waals surface area contributed by atoms with Crippen LogP contribution < -0.4 is 9.24 Å². The number of rotatable bonds is 2. The van der Waals surface area contributed by atoms with Crippen LogP contribution in [0.4, 0.5) is 5.69 Å². The molecule has 0 bridgehead atoms. The van der Waals surface area contributed by atoms with Crippen molar-refractivity contribution < 1.29 is 9.79 Å². The molecule has 8 heteroatoms.